The second kappa shape index (κ2) is 10.3. The van der Waals surface area contributed by atoms with Crippen LogP contribution in [0.3, 0.4) is 0 Å². The molecule has 35 heavy (non-hydrogen) atoms. The van der Waals surface area contributed by atoms with Gasteiger partial charge in [-0.15, -0.1) is 0 Å². The van der Waals surface area contributed by atoms with Crippen LogP contribution in [0.15, 0.2) is 46.1 Å². The van der Waals surface area contributed by atoms with Gasteiger partial charge in [0.05, 0.1) is 23.0 Å². The van der Waals surface area contributed by atoms with Gasteiger partial charge in [-0.1, -0.05) is 11.6 Å². The van der Waals surface area contributed by atoms with Gasteiger partial charge < -0.3 is 14.2 Å². The van der Waals surface area contributed by atoms with E-state index in [1.807, 2.05) is 0 Å². The summed E-state index contributed by atoms with van der Waals surface area (Å²) in [6.45, 7) is 3.76. The summed E-state index contributed by atoms with van der Waals surface area (Å²) in [6, 6.07) is 5.79. The number of hydrogen-bond acceptors (Lipinski definition) is 7. The predicted molar refractivity (Wildman–Crippen MR) is 123 cm³/mol. The van der Waals surface area contributed by atoms with Crippen molar-refractivity contribution in [3.63, 3.8) is 0 Å². The van der Waals surface area contributed by atoms with Crippen molar-refractivity contribution < 1.29 is 27.8 Å². The molecular weight excluding hydrogens is 488 g/mol. The van der Waals surface area contributed by atoms with Crippen molar-refractivity contribution in [1.29, 1.82) is 0 Å². The number of ether oxygens (including phenoxy) is 3. The Morgan fingerprint density at radius 2 is 1.91 bits per heavy atom. The van der Waals surface area contributed by atoms with E-state index in [2.05, 4.69) is 4.98 Å². The van der Waals surface area contributed by atoms with Gasteiger partial charge in [-0.2, -0.15) is 0 Å². The molecule has 0 aliphatic heterocycles. The average Bonchev–Trinajstić information content (AvgIpc) is 2.78. The standard InChI is InChI=1S/C23H22ClF2N3O6/c1-5-33-20(31)12-34-21-16(7-6-8-27-21)35-17-10-15(14(25)9-13(17)24)29-19(30)11-18(23(2,3)26)28(4)22(29)32/h6-11H,5,12H2,1-4H3. The number of carbonyl (C=O) groups excluding carboxylic acids is 1. The Kier molecular flexibility index (Phi) is 7.59. The fraction of sp³-hybridized carbons (Fsp3) is 0.304. The van der Waals surface area contributed by atoms with Gasteiger partial charge in [0.1, 0.15) is 17.2 Å². The molecule has 9 nitrogen and oxygen atoms in total. The highest BCUT2D eigenvalue weighted by Gasteiger charge is 2.26. The van der Waals surface area contributed by atoms with Gasteiger partial charge in [0.15, 0.2) is 12.4 Å². The van der Waals surface area contributed by atoms with Crippen LogP contribution in [-0.4, -0.2) is 33.3 Å². The van der Waals surface area contributed by atoms with E-state index in [4.69, 9.17) is 25.8 Å². The third kappa shape index (κ3) is 5.68. The number of benzene rings is 1. The molecule has 0 bridgehead atoms. The molecule has 0 N–H and O–H groups in total. The van der Waals surface area contributed by atoms with E-state index in [1.54, 1.807) is 6.92 Å². The van der Waals surface area contributed by atoms with Crippen molar-refractivity contribution in [3.8, 4) is 23.1 Å². The Hall–Kier alpha value is -3.73. The number of aromatic nitrogens is 3. The van der Waals surface area contributed by atoms with Crippen LogP contribution >= 0.6 is 11.6 Å². The molecule has 0 unspecified atom stereocenters. The molecular formula is C23H22ClF2N3O6. The maximum absolute atomic E-state index is 14.8. The smallest absolute Gasteiger partial charge is 0.344 e. The molecule has 0 saturated heterocycles. The van der Waals surface area contributed by atoms with Crippen molar-refractivity contribution in [3.05, 3.63) is 73.9 Å². The summed E-state index contributed by atoms with van der Waals surface area (Å²) < 4.78 is 46.6. The normalized spacial score (nSPS) is 11.3. The zero-order valence-corrected chi connectivity index (χ0v) is 20.1. The van der Waals surface area contributed by atoms with Crippen molar-refractivity contribution in [2.75, 3.05) is 13.2 Å². The third-order valence-electron chi connectivity index (χ3n) is 4.76. The first-order valence-electron chi connectivity index (χ1n) is 10.4. The largest absolute Gasteiger partial charge is 0.463 e. The van der Waals surface area contributed by atoms with E-state index in [0.29, 0.717) is 4.57 Å². The lowest BCUT2D eigenvalue weighted by Gasteiger charge is -2.20. The summed E-state index contributed by atoms with van der Waals surface area (Å²) in [5.41, 5.74) is -4.53. The monoisotopic (exact) mass is 509 g/mol. The molecule has 3 rings (SSSR count). The number of rotatable bonds is 8. The predicted octanol–water partition coefficient (Wildman–Crippen LogP) is 3.66. The van der Waals surface area contributed by atoms with E-state index >= 15 is 0 Å². The van der Waals surface area contributed by atoms with E-state index in [0.717, 1.165) is 22.8 Å². The number of carbonyl (C=O) groups is 1. The first-order valence-corrected chi connectivity index (χ1v) is 10.7. The van der Waals surface area contributed by atoms with Gasteiger partial charge in [0, 0.05) is 25.4 Å². The topological polar surface area (TPSA) is 102 Å². The van der Waals surface area contributed by atoms with E-state index < -0.39 is 41.0 Å². The van der Waals surface area contributed by atoms with Gasteiger partial charge >= 0.3 is 11.7 Å². The minimum Gasteiger partial charge on any atom is -0.463 e. The Bertz CT molecular complexity index is 1380. The molecule has 3 aromatic rings. The number of hydrogen-bond donors (Lipinski definition) is 0. The molecule has 186 valence electrons. The summed E-state index contributed by atoms with van der Waals surface area (Å²) in [6.07, 6.45) is 1.39. The maximum Gasteiger partial charge on any atom is 0.344 e. The molecule has 0 atom stereocenters. The molecule has 0 spiro atoms. The zero-order chi connectivity index (χ0) is 25.9. The summed E-state index contributed by atoms with van der Waals surface area (Å²) in [5, 5.41) is -0.183. The molecule has 12 heteroatoms. The molecule has 0 radical (unpaired) electrons. The first kappa shape index (κ1) is 25.9. The van der Waals surface area contributed by atoms with Crippen LogP contribution in [0.4, 0.5) is 8.78 Å². The second-order valence-electron chi connectivity index (χ2n) is 7.75. The van der Waals surface area contributed by atoms with Crippen molar-refractivity contribution in [1.82, 2.24) is 14.1 Å². The number of alkyl halides is 1. The van der Waals surface area contributed by atoms with E-state index in [-0.39, 0.29) is 34.7 Å². The lowest BCUT2D eigenvalue weighted by molar-refractivity contribution is -0.145. The van der Waals surface area contributed by atoms with Crippen LogP contribution in [0.1, 0.15) is 26.5 Å². The molecule has 0 amide bonds. The SMILES string of the molecule is CCOC(=O)COc1ncccc1Oc1cc(-n2c(=O)cc(C(C)(C)F)n(C)c2=O)c(F)cc1Cl. The number of halogens is 3. The molecule has 1 aromatic carbocycles. The van der Waals surface area contributed by atoms with Gasteiger partial charge in [-0.3, -0.25) is 9.36 Å². The lowest BCUT2D eigenvalue weighted by Crippen LogP contribution is -2.41. The molecule has 2 heterocycles. The molecule has 0 saturated carbocycles. The summed E-state index contributed by atoms with van der Waals surface area (Å²) in [7, 11) is 1.27. The number of nitrogens with zero attached hydrogens (tertiary/aromatic N) is 3. The number of esters is 1. The van der Waals surface area contributed by atoms with Crippen molar-refractivity contribution >= 4 is 17.6 Å². The van der Waals surface area contributed by atoms with Crippen LogP contribution in [-0.2, 0) is 22.2 Å². The molecule has 0 aliphatic rings. The first-order chi connectivity index (χ1) is 16.4. The maximum atomic E-state index is 14.8. The Labute approximate surface area is 203 Å². The van der Waals surface area contributed by atoms with Crippen LogP contribution in [0, 0.1) is 5.82 Å². The fourth-order valence-corrected chi connectivity index (χ4v) is 3.39. The third-order valence-corrected chi connectivity index (χ3v) is 5.06. The van der Waals surface area contributed by atoms with Crippen molar-refractivity contribution in [2.24, 2.45) is 7.05 Å². The van der Waals surface area contributed by atoms with Crippen molar-refractivity contribution in [2.45, 2.75) is 26.4 Å². The van der Waals surface area contributed by atoms with Crippen LogP contribution in [0.25, 0.3) is 5.69 Å². The lowest BCUT2D eigenvalue weighted by atomic mass is 10.1. The second-order valence-corrected chi connectivity index (χ2v) is 8.16. The van der Waals surface area contributed by atoms with Gasteiger partial charge in [-0.05, 0) is 39.0 Å². The Morgan fingerprint density at radius 1 is 1.20 bits per heavy atom. The minimum atomic E-state index is -1.99. The Balaban J connectivity index is 2.05. The van der Waals surface area contributed by atoms with Crippen LogP contribution < -0.4 is 20.7 Å². The molecule has 2 aromatic heterocycles. The summed E-state index contributed by atoms with van der Waals surface area (Å²) in [4.78, 5) is 41.1. The highest BCUT2D eigenvalue weighted by molar-refractivity contribution is 6.32. The van der Waals surface area contributed by atoms with Crippen LogP contribution in [0.5, 0.6) is 17.4 Å². The highest BCUT2D eigenvalue weighted by atomic mass is 35.5. The van der Waals surface area contributed by atoms with Gasteiger partial charge in [0.2, 0.25) is 0 Å². The highest BCUT2D eigenvalue weighted by Crippen LogP contribution is 2.36. The quantitative estimate of drug-likeness (QED) is 0.427. The molecule has 0 fully saturated rings. The average molecular weight is 510 g/mol. The number of pyridine rings is 1. The Morgan fingerprint density at radius 3 is 2.57 bits per heavy atom. The fourth-order valence-electron chi connectivity index (χ4n) is 3.20. The van der Waals surface area contributed by atoms with Gasteiger partial charge in [0.25, 0.3) is 11.4 Å². The van der Waals surface area contributed by atoms with E-state index in [1.165, 1.54) is 39.2 Å². The van der Waals surface area contributed by atoms with Gasteiger partial charge in [-0.25, -0.2) is 27.9 Å². The summed E-state index contributed by atoms with van der Waals surface area (Å²) in [5.74, 6) is -1.81. The van der Waals surface area contributed by atoms with Crippen LogP contribution in [0.2, 0.25) is 5.02 Å². The minimum absolute atomic E-state index is 0.0195. The molecule has 0 aliphatic carbocycles. The zero-order valence-electron chi connectivity index (χ0n) is 19.3. The van der Waals surface area contributed by atoms with E-state index in [9.17, 15) is 23.2 Å². The summed E-state index contributed by atoms with van der Waals surface area (Å²) >= 11 is 6.14.